The summed E-state index contributed by atoms with van der Waals surface area (Å²) in [5, 5.41) is 15.3. The van der Waals surface area contributed by atoms with Crippen LogP contribution in [0.15, 0.2) is 24.3 Å². The summed E-state index contributed by atoms with van der Waals surface area (Å²) in [7, 11) is 0. The summed E-state index contributed by atoms with van der Waals surface area (Å²) in [6.45, 7) is 2.28. The van der Waals surface area contributed by atoms with Crippen molar-refractivity contribution in [2.24, 2.45) is 5.92 Å². The van der Waals surface area contributed by atoms with Crippen LogP contribution in [0.4, 0.5) is 9.18 Å². The van der Waals surface area contributed by atoms with Crippen molar-refractivity contribution in [1.29, 1.82) is 0 Å². The molecule has 3 atom stereocenters. The molecule has 0 saturated heterocycles. The largest absolute Gasteiger partial charge is 0.491 e. The maximum atomic E-state index is 12.7. The van der Waals surface area contributed by atoms with Gasteiger partial charge in [0.25, 0.3) is 0 Å². The average Bonchev–Trinajstić information content (AvgIpc) is 3.22. The Labute approximate surface area is 129 Å². The molecule has 3 N–H and O–H groups in total. The Morgan fingerprint density at radius 2 is 2.18 bits per heavy atom. The number of hydrogen-bond donors (Lipinski definition) is 3. The van der Waals surface area contributed by atoms with Gasteiger partial charge >= 0.3 is 6.03 Å². The van der Waals surface area contributed by atoms with Crippen molar-refractivity contribution >= 4 is 6.03 Å². The Bertz CT molecular complexity index is 481. The molecule has 2 amide bonds. The molecule has 1 aromatic carbocycles. The summed E-state index contributed by atoms with van der Waals surface area (Å²) in [4.78, 5) is 11.6. The first kappa shape index (κ1) is 16.5. The van der Waals surface area contributed by atoms with E-state index >= 15 is 0 Å². The second kappa shape index (κ2) is 7.98. The summed E-state index contributed by atoms with van der Waals surface area (Å²) in [5.41, 5.74) is 0. The molecule has 5 nitrogen and oxygen atoms in total. The molecular weight excluding hydrogens is 287 g/mol. The molecule has 3 unspecified atom stereocenters. The third kappa shape index (κ3) is 5.52. The normalized spacial score (nSPS) is 21.0. The first-order valence-electron chi connectivity index (χ1n) is 7.69. The minimum absolute atomic E-state index is 0.0355. The zero-order valence-corrected chi connectivity index (χ0v) is 12.7. The number of hydrogen-bond acceptors (Lipinski definition) is 3. The van der Waals surface area contributed by atoms with E-state index in [9.17, 15) is 14.3 Å². The maximum Gasteiger partial charge on any atom is 0.315 e. The second-order valence-electron chi connectivity index (χ2n) is 5.66. The molecule has 6 heteroatoms. The van der Waals surface area contributed by atoms with Crippen molar-refractivity contribution in [1.82, 2.24) is 10.6 Å². The fourth-order valence-electron chi connectivity index (χ4n) is 2.33. The number of urea groups is 1. The summed E-state index contributed by atoms with van der Waals surface area (Å²) in [6.07, 6.45) is 2.49. The van der Waals surface area contributed by atoms with Crippen LogP contribution in [-0.4, -0.2) is 36.4 Å². The zero-order chi connectivity index (χ0) is 15.9. The summed E-state index contributed by atoms with van der Waals surface area (Å²) < 4.78 is 18.0. The molecule has 0 radical (unpaired) electrons. The van der Waals surface area contributed by atoms with Gasteiger partial charge in [0.2, 0.25) is 0 Å². The monoisotopic (exact) mass is 310 g/mol. The van der Waals surface area contributed by atoms with Gasteiger partial charge in [-0.1, -0.05) is 13.3 Å². The van der Waals surface area contributed by atoms with Crippen LogP contribution in [0, 0.1) is 11.7 Å². The number of aliphatic hydroxyl groups is 1. The van der Waals surface area contributed by atoms with Crippen LogP contribution in [0.5, 0.6) is 5.75 Å². The highest BCUT2D eigenvalue weighted by Crippen LogP contribution is 2.34. The van der Waals surface area contributed by atoms with Gasteiger partial charge in [0.1, 0.15) is 24.3 Å². The number of benzene rings is 1. The number of halogens is 1. The van der Waals surface area contributed by atoms with Crippen molar-refractivity contribution in [2.75, 3.05) is 13.2 Å². The van der Waals surface area contributed by atoms with Crippen molar-refractivity contribution in [2.45, 2.75) is 38.3 Å². The van der Waals surface area contributed by atoms with Crippen LogP contribution in [-0.2, 0) is 0 Å². The molecule has 0 aliphatic heterocycles. The van der Waals surface area contributed by atoms with Gasteiger partial charge in [-0.2, -0.15) is 0 Å². The van der Waals surface area contributed by atoms with Crippen LogP contribution in [0.3, 0.4) is 0 Å². The second-order valence-corrected chi connectivity index (χ2v) is 5.66. The zero-order valence-electron chi connectivity index (χ0n) is 12.7. The lowest BCUT2D eigenvalue weighted by Crippen LogP contribution is -2.42. The first-order valence-corrected chi connectivity index (χ1v) is 7.69. The number of ether oxygens (including phenoxy) is 1. The molecule has 0 heterocycles. The molecule has 0 bridgehead atoms. The summed E-state index contributed by atoms with van der Waals surface area (Å²) in [6, 6.07) is 5.56. The van der Waals surface area contributed by atoms with E-state index in [1.54, 1.807) is 0 Å². The van der Waals surface area contributed by atoms with Gasteiger partial charge < -0.3 is 20.5 Å². The molecule has 22 heavy (non-hydrogen) atoms. The predicted octanol–water partition coefficient (Wildman–Crippen LogP) is 2.05. The number of nitrogens with one attached hydrogen (secondary N) is 2. The van der Waals surface area contributed by atoms with E-state index in [-0.39, 0.29) is 31.0 Å². The molecule has 0 spiro atoms. The van der Waals surface area contributed by atoms with Crippen molar-refractivity contribution in [3.63, 3.8) is 0 Å². The van der Waals surface area contributed by atoms with E-state index in [0.29, 0.717) is 11.7 Å². The third-order valence-electron chi connectivity index (χ3n) is 3.65. The van der Waals surface area contributed by atoms with Crippen LogP contribution >= 0.6 is 0 Å². The highest BCUT2D eigenvalue weighted by molar-refractivity contribution is 5.74. The molecule has 0 aromatic heterocycles. The molecule has 1 fully saturated rings. The number of rotatable bonds is 8. The van der Waals surface area contributed by atoms with Gasteiger partial charge in [0.15, 0.2) is 0 Å². The Morgan fingerprint density at radius 1 is 1.45 bits per heavy atom. The molecule has 2 rings (SSSR count). The smallest absolute Gasteiger partial charge is 0.315 e. The lowest BCUT2D eigenvalue weighted by molar-refractivity contribution is 0.107. The molecule has 1 saturated carbocycles. The highest BCUT2D eigenvalue weighted by Gasteiger charge is 2.37. The molecule has 1 aliphatic rings. The number of carbonyl (C=O) groups excluding carboxylic acids is 1. The van der Waals surface area contributed by atoms with E-state index in [0.717, 1.165) is 19.3 Å². The predicted molar refractivity (Wildman–Crippen MR) is 81.2 cm³/mol. The average molecular weight is 310 g/mol. The Kier molecular flexibility index (Phi) is 6.00. The van der Waals surface area contributed by atoms with Crippen LogP contribution < -0.4 is 15.4 Å². The van der Waals surface area contributed by atoms with Gasteiger partial charge in [-0.15, -0.1) is 0 Å². The van der Waals surface area contributed by atoms with E-state index in [4.69, 9.17) is 4.74 Å². The Hall–Kier alpha value is -1.82. The van der Waals surface area contributed by atoms with E-state index in [1.807, 2.05) is 0 Å². The number of amides is 2. The lowest BCUT2D eigenvalue weighted by Gasteiger charge is -2.14. The van der Waals surface area contributed by atoms with Crippen molar-refractivity contribution < 1.29 is 19.0 Å². The van der Waals surface area contributed by atoms with Gasteiger partial charge in [-0.25, -0.2) is 9.18 Å². The first-order chi connectivity index (χ1) is 10.6. The number of aliphatic hydroxyl groups excluding tert-OH is 1. The topological polar surface area (TPSA) is 70.6 Å². The molecular formula is C16H23FN2O3. The summed E-state index contributed by atoms with van der Waals surface area (Å²) >= 11 is 0. The molecule has 1 aromatic rings. The van der Waals surface area contributed by atoms with Crippen molar-refractivity contribution in [3.05, 3.63) is 30.1 Å². The van der Waals surface area contributed by atoms with Crippen LogP contribution in [0.2, 0.25) is 0 Å². The van der Waals surface area contributed by atoms with Crippen LogP contribution in [0.25, 0.3) is 0 Å². The van der Waals surface area contributed by atoms with Gasteiger partial charge in [-0.05, 0) is 43.0 Å². The van der Waals surface area contributed by atoms with E-state index in [1.165, 1.54) is 24.3 Å². The maximum absolute atomic E-state index is 12.7. The number of carbonyl (C=O) groups is 1. The Balaban J connectivity index is 1.58. The Morgan fingerprint density at radius 3 is 2.86 bits per heavy atom. The highest BCUT2D eigenvalue weighted by atomic mass is 19.1. The van der Waals surface area contributed by atoms with Gasteiger partial charge in [0.05, 0.1) is 0 Å². The fourth-order valence-corrected chi connectivity index (χ4v) is 2.33. The quantitative estimate of drug-likeness (QED) is 0.688. The minimum Gasteiger partial charge on any atom is -0.491 e. The molecule has 122 valence electrons. The summed E-state index contributed by atoms with van der Waals surface area (Å²) in [5.74, 6) is 0.737. The van der Waals surface area contributed by atoms with Crippen molar-refractivity contribution in [3.8, 4) is 5.75 Å². The van der Waals surface area contributed by atoms with Crippen LogP contribution in [0.1, 0.15) is 26.2 Å². The lowest BCUT2D eigenvalue weighted by atomic mass is 10.2. The van der Waals surface area contributed by atoms with E-state index in [2.05, 4.69) is 17.6 Å². The standard InChI is InChI=1S/C16H23FN2O3/c1-2-3-11-8-15(11)19-16(21)18-9-13(20)10-22-14-6-4-12(17)5-7-14/h4-7,11,13,15,20H,2-3,8-10H2,1H3,(H2,18,19,21). The minimum atomic E-state index is -0.818. The van der Waals surface area contributed by atoms with Gasteiger partial charge in [-0.3, -0.25) is 0 Å². The van der Waals surface area contributed by atoms with E-state index < -0.39 is 6.10 Å². The van der Waals surface area contributed by atoms with Gasteiger partial charge in [0, 0.05) is 12.6 Å². The molecule has 1 aliphatic carbocycles. The fraction of sp³-hybridized carbons (Fsp3) is 0.562. The third-order valence-corrected chi connectivity index (χ3v) is 3.65. The SMILES string of the molecule is CCCC1CC1NC(=O)NCC(O)COc1ccc(F)cc1.